The van der Waals surface area contributed by atoms with Crippen LogP contribution in [0.1, 0.15) is 23.7 Å². The van der Waals surface area contributed by atoms with Crippen LogP contribution in [0.15, 0.2) is 35.5 Å². The van der Waals surface area contributed by atoms with Crippen molar-refractivity contribution in [2.24, 2.45) is 0 Å². The molecule has 3 rings (SSSR count). The van der Waals surface area contributed by atoms with Gasteiger partial charge in [0.2, 0.25) is 5.16 Å². The van der Waals surface area contributed by atoms with Crippen molar-refractivity contribution in [2.45, 2.75) is 29.8 Å². The van der Waals surface area contributed by atoms with E-state index in [1.807, 2.05) is 30.3 Å². The van der Waals surface area contributed by atoms with Gasteiger partial charge in [-0.05, 0) is 23.7 Å². The molecule has 94 valence electrons. The summed E-state index contributed by atoms with van der Waals surface area (Å²) in [6.45, 7) is 0.742. The number of alkyl halides is 2. The van der Waals surface area contributed by atoms with E-state index in [-0.39, 0.29) is 11.1 Å². The zero-order valence-corrected chi connectivity index (χ0v) is 10.3. The molecular formula is C12H11F2N3S. The SMILES string of the molecule is FC(F)Sc1nc2n(n1)CCC2c1ccccc1. The summed E-state index contributed by atoms with van der Waals surface area (Å²) in [7, 11) is 0. The van der Waals surface area contributed by atoms with E-state index in [0.717, 1.165) is 24.4 Å². The quantitative estimate of drug-likeness (QED) is 0.800. The molecule has 3 nitrogen and oxygen atoms in total. The van der Waals surface area contributed by atoms with Crippen LogP contribution in [0, 0.1) is 0 Å². The first kappa shape index (κ1) is 11.6. The smallest absolute Gasteiger partial charge is 0.248 e. The third kappa shape index (κ3) is 2.12. The van der Waals surface area contributed by atoms with Gasteiger partial charge in [-0.15, -0.1) is 5.10 Å². The Morgan fingerprint density at radius 2 is 2.06 bits per heavy atom. The predicted molar refractivity (Wildman–Crippen MR) is 64.8 cm³/mol. The number of fused-ring (bicyclic) bond motifs is 1. The average Bonchev–Trinajstić information content (AvgIpc) is 2.88. The predicted octanol–water partition coefficient (Wildman–Crippen LogP) is 3.13. The molecule has 1 aliphatic heterocycles. The first-order valence-corrected chi connectivity index (χ1v) is 6.56. The number of hydrogen-bond donors (Lipinski definition) is 0. The van der Waals surface area contributed by atoms with Gasteiger partial charge in [-0.25, -0.2) is 9.67 Å². The van der Waals surface area contributed by atoms with E-state index >= 15 is 0 Å². The maximum atomic E-state index is 12.3. The van der Waals surface area contributed by atoms with Gasteiger partial charge in [0, 0.05) is 12.5 Å². The van der Waals surface area contributed by atoms with Gasteiger partial charge in [-0.1, -0.05) is 30.3 Å². The molecule has 1 atom stereocenters. The number of hydrogen-bond acceptors (Lipinski definition) is 3. The summed E-state index contributed by atoms with van der Waals surface area (Å²) >= 11 is 0.404. The third-order valence-electron chi connectivity index (χ3n) is 3.02. The molecule has 0 spiro atoms. The summed E-state index contributed by atoms with van der Waals surface area (Å²) in [5, 5.41) is 4.26. The fourth-order valence-electron chi connectivity index (χ4n) is 2.27. The van der Waals surface area contributed by atoms with Gasteiger partial charge in [0.1, 0.15) is 5.82 Å². The highest BCUT2D eigenvalue weighted by Crippen LogP contribution is 2.34. The molecule has 1 unspecified atom stereocenters. The maximum Gasteiger partial charge on any atom is 0.291 e. The molecule has 0 saturated heterocycles. The van der Waals surface area contributed by atoms with Crippen LogP contribution in [0.5, 0.6) is 0 Å². The number of aryl methyl sites for hydroxylation is 1. The Kier molecular flexibility index (Phi) is 3.03. The van der Waals surface area contributed by atoms with Crippen molar-refractivity contribution in [3.05, 3.63) is 41.7 Å². The maximum absolute atomic E-state index is 12.3. The van der Waals surface area contributed by atoms with E-state index in [9.17, 15) is 8.78 Å². The normalized spacial score (nSPS) is 18.3. The van der Waals surface area contributed by atoms with Crippen LogP contribution in [0.2, 0.25) is 0 Å². The summed E-state index contributed by atoms with van der Waals surface area (Å²) in [6, 6.07) is 9.98. The number of halogens is 2. The van der Waals surface area contributed by atoms with E-state index < -0.39 is 5.76 Å². The second-order valence-corrected chi connectivity index (χ2v) is 5.06. The summed E-state index contributed by atoms with van der Waals surface area (Å²) in [6.07, 6.45) is 0.930. The van der Waals surface area contributed by atoms with Crippen LogP contribution in [-0.4, -0.2) is 20.5 Å². The van der Waals surface area contributed by atoms with Crippen LogP contribution in [-0.2, 0) is 6.54 Å². The summed E-state index contributed by atoms with van der Waals surface area (Å²) in [4.78, 5) is 4.22. The van der Waals surface area contributed by atoms with Crippen LogP contribution in [0.3, 0.4) is 0 Å². The topological polar surface area (TPSA) is 30.7 Å². The Hall–Kier alpha value is -1.43. The molecule has 6 heteroatoms. The van der Waals surface area contributed by atoms with Gasteiger partial charge in [0.05, 0.1) is 0 Å². The lowest BCUT2D eigenvalue weighted by molar-refractivity contribution is 0.251. The number of aromatic nitrogens is 3. The molecule has 2 aromatic rings. The second kappa shape index (κ2) is 4.68. The Morgan fingerprint density at radius 1 is 1.28 bits per heavy atom. The lowest BCUT2D eigenvalue weighted by Gasteiger charge is -2.07. The van der Waals surface area contributed by atoms with E-state index in [0.29, 0.717) is 11.8 Å². The monoisotopic (exact) mass is 267 g/mol. The molecule has 18 heavy (non-hydrogen) atoms. The average molecular weight is 267 g/mol. The van der Waals surface area contributed by atoms with Crippen molar-refractivity contribution in [2.75, 3.05) is 0 Å². The molecule has 0 saturated carbocycles. The van der Waals surface area contributed by atoms with Gasteiger partial charge in [-0.3, -0.25) is 0 Å². The van der Waals surface area contributed by atoms with Gasteiger partial charge in [0.15, 0.2) is 0 Å². The largest absolute Gasteiger partial charge is 0.291 e. The molecular weight excluding hydrogens is 256 g/mol. The van der Waals surface area contributed by atoms with Crippen molar-refractivity contribution < 1.29 is 8.78 Å². The lowest BCUT2D eigenvalue weighted by Crippen LogP contribution is -1.98. The van der Waals surface area contributed by atoms with Crippen molar-refractivity contribution in [3.8, 4) is 0 Å². The first-order valence-electron chi connectivity index (χ1n) is 5.68. The Morgan fingerprint density at radius 3 is 2.78 bits per heavy atom. The van der Waals surface area contributed by atoms with E-state index in [2.05, 4.69) is 10.1 Å². The molecule has 1 aromatic heterocycles. The second-order valence-electron chi connectivity index (χ2n) is 4.11. The number of thioether (sulfide) groups is 1. The third-order valence-corrected chi connectivity index (χ3v) is 3.58. The minimum atomic E-state index is -2.47. The van der Waals surface area contributed by atoms with Gasteiger partial charge >= 0.3 is 0 Å². The molecule has 0 amide bonds. The van der Waals surface area contributed by atoms with Crippen LogP contribution < -0.4 is 0 Å². The summed E-state index contributed by atoms with van der Waals surface area (Å²) < 4.78 is 26.3. The van der Waals surface area contributed by atoms with Crippen molar-refractivity contribution in [1.82, 2.24) is 14.8 Å². The van der Waals surface area contributed by atoms with Gasteiger partial charge in [-0.2, -0.15) is 8.78 Å². The highest BCUT2D eigenvalue weighted by Gasteiger charge is 2.28. The van der Waals surface area contributed by atoms with Crippen LogP contribution >= 0.6 is 11.8 Å². The first-order chi connectivity index (χ1) is 8.74. The minimum absolute atomic E-state index is 0.167. The van der Waals surface area contributed by atoms with Crippen molar-refractivity contribution in [3.63, 3.8) is 0 Å². The Labute approximate surface area is 107 Å². The van der Waals surface area contributed by atoms with Gasteiger partial charge < -0.3 is 0 Å². The minimum Gasteiger partial charge on any atom is -0.248 e. The van der Waals surface area contributed by atoms with E-state index in [4.69, 9.17) is 0 Å². The van der Waals surface area contributed by atoms with Crippen molar-refractivity contribution in [1.29, 1.82) is 0 Å². The fourth-order valence-corrected chi connectivity index (χ4v) is 2.72. The molecule has 0 radical (unpaired) electrons. The molecule has 0 N–H and O–H groups in total. The zero-order valence-electron chi connectivity index (χ0n) is 9.46. The molecule has 0 bridgehead atoms. The fraction of sp³-hybridized carbons (Fsp3) is 0.333. The standard InChI is InChI=1S/C12H11F2N3S/c13-11(14)18-12-15-10-9(6-7-17(10)16-12)8-4-2-1-3-5-8/h1-5,9,11H,6-7H2. The molecule has 0 aliphatic carbocycles. The number of rotatable bonds is 3. The highest BCUT2D eigenvalue weighted by atomic mass is 32.2. The molecule has 1 aliphatic rings. The van der Waals surface area contributed by atoms with Crippen molar-refractivity contribution >= 4 is 11.8 Å². The number of benzene rings is 1. The summed E-state index contributed by atoms with van der Waals surface area (Å²) in [5.41, 5.74) is 1.16. The Balaban J connectivity index is 1.89. The Bertz CT molecular complexity index is 542. The lowest BCUT2D eigenvalue weighted by atomic mass is 9.97. The highest BCUT2D eigenvalue weighted by molar-refractivity contribution is 7.99. The molecule has 1 aromatic carbocycles. The zero-order chi connectivity index (χ0) is 12.5. The molecule has 0 fully saturated rings. The van der Waals surface area contributed by atoms with Crippen LogP contribution in [0.25, 0.3) is 0 Å². The van der Waals surface area contributed by atoms with Gasteiger partial charge in [0.25, 0.3) is 5.76 Å². The van der Waals surface area contributed by atoms with Crippen LogP contribution in [0.4, 0.5) is 8.78 Å². The number of nitrogens with zero attached hydrogens (tertiary/aromatic N) is 3. The summed E-state index contributed by atoms with van der Waals surface area (Å²) in [5.74, 6) is -1.50. The molecule has 2 heterocycles. The van der Waals surface area contributed by atoms with E-state index in [1.54, 1.807) is 4.68 Å². The van der Waals surface area contributed by atoms with E-state index in [1.165, 1.54) is 0 Å².